The van der Waals surface area contributed by atoms with Crippen molar-refractivity contribution in [2.45, 2.75) is 18.2 Å². The van der Waals surface area contributed by atoms with E-state index in [2.05, 4.69) is 28.1 Å². The Morgan fingerprint density at radius 1 is 1.38 bits per heavy atom. The quantitative estimate of drug-likeness (QED) is 0.747. The van der Waals surface area contributed by atoms with Crippen molar-refractivity contribution in [2.75, 3.05) is 20.8 Å². The number of methoxy groups -OCH3 is 2. The van der Waals surface area contributed by atoms with Crippen molar-refractivity contribution < 1.29 is 9.47 Å². The van der Waals surface area contributed by atoms with Crippen molar-refractivity contribution in [1.29, 1.82) is 0 Å². The monoisotopic (exact) mass is 306 g/mol. The van der Waals surface area contributed by atoms with Gasteiger partial charge >= 0.3 is 0 Å². The van der Waals surface area contributed by atoms with Crippen molar-refractivity contribution in [3.05, 3.63) is 28.2 Å². The number of ether oxygens (including phenoxy) is 2. The standard InChI is InChI=1S/C12H16BrClO2/c1-15-8-10(14)5-3-9-4-6-12(16-2)11(13)7-9/h4,6-7,10H,3,5,8H2,1-2H3. The molecule has 0 aliphatic carbocycles. The first kappa shape index (κ1) is 13.8. The summed E-state index contributed by atoms with van der Waals surface area (Å²) in [5.41, 5.74) is 1.24. The number of alkyl halides is 1. The highest BCUT2D eigenvalue weighted by Crippen LogP contribution is 2.26. The fourth-order valence-electron chi connectivity index (χ4n) is 1.45. The van der Waals surface area contributed by atoms with E-state index < -0.39 is 0 Å². The third kappa shape index (κ3) is 4.32. The second-order valence-electron chi connectivity index (χ2n) is 3.56. The van der Waals surface area contributed by atoms with E-state index in [0.717, 1.165) is 23.1 Å². The van der Waals surface area contributed by atoms with Crippen LogP contribution in [-0.2, 0) is 11.2 Å². The smallest absolute Gasteiger partial charge is 0.133 e. The number of aryl methyl sites for hydroxylation is 1. The number of halogens is 2. The first-order valence-electron chi connectivity index (χ1n) is 5.12. The molecule has 0 saturated carbocycles. The maximum atomic E-state index is 6.07. The van der Waals surface area contributed by atoms with Crippen LogP contribution in [0.1, 0.15) is 12.0 Å². The average Bonchev–Trinajstić information content (AvgIpc) is 2.27. The van der Waals surface area contributed by atoms with Gasteiger partial charge in [-0.3, -0.25) is 0 Å². The minimum absolute atomic E-state index is 0.0749. The van der Waals surface area contributed by atoms with Crippen LogP contribution in [0.4, 0.5) is 0 Å². The maximum Gasteiger partial charge on any atom is 0.133 e. The first-order chi connectivity index (χ1) is 7.67. The lowest BCUT2D eigenvalue weighted by atomic mass is 10.1. The van der Waals surface area contributed by atoms with Crippen LogP contribution in [0.5, 0.6) is 5.75 Å². The van der Waals surface area contributed by atoms with E-state index in [-0.39, 0.29) is 5.38 Å². The number of rotatable bonds is 6. The third-order valence-electron chi connectivity index (χ3n) is 2.31. The van der Waals surface area contributed by atoms with E-state index in [4.69, 9.17) is 21.1 Å². The fraction of sp³-hybridized carbons (Fsp3) is 0.500. The molecule has 0 fully saturated rings. The summed E-state index contributed by atoms with van der Waals surface area (Å²) in [7, 11) is 3.33. The van der Waals surface area contributed by atoms with Gasteiger partial charge in [-0.2, -0.15) is 0 Å². The van der Waals surface area contributed by atoms with Crippen LogP contribution in [-0.4, -0.2) is 26.2 Å². The van der Waals surface area contributed by atoms with Gasteiger partial charge in [-0.25, -0.2) is 0 Å². The predicted octanol–water partition coefficient (Wildman–Crippen LogP) is 3.64. The van der Waals surface area contributed by atoms with Crippen molar-refractivity contribution in [2.24, 2.45) is 0 Å². The summed E-state index contributed by atoms with van der Waals surface area (Å²) in [5.74, 6) is 0.850. The second-order valence-corrected chi connectivity index (χ2v) is 5.03. The Balaban J connectivity index is 2.51. The van der Waals surface area contributed by atoms with Gasteiger partial charge in [0.25, 0.3) is 0 Å². The molecule has 1 aromatic rings. The van der Waals surface area contributed by atoms with E-state index in [1.165, 1.54) is 5.56 Å². The molecule has 0 aromatic heterocycles. The van der Waals surface area contributed by atoms with E-state index in [1.807, 2.05) is 6.07 Å². The number of hydrogen-bond donors (Lipinski definition) is 0. The van der Waals surface area contributed by atoms with Crippen molar-refractivity contribution in [1.82, 2.24) is 0 Å². The van der Waals surface area contributed by atoms with Crippen LogP contribution in [0, 0.1) is 0 Å². The van der Waals surface area contributed by atoms with Gasteiger partial charge in [-0.15, -0.1) is 11.6 Å². The Kier molecular flexibility index (Phi) is 6.17. The Morgan fingerprint density at radius 3 is 2.69 bits per heavy atom. The van der Waals surface area contributed by atoms with Gasteiger partial charge in [0.05, 0.1) is 23.6 Å². The van der Waals surface area contributed by atoms with Crippen LogP contribution >= 0.6 is 27.5 Å². The van der Waals surface area contributed by atoms with Crippen molar-refractivity contribution >= 4 is 27.5 Å². The van der Waals surface area contributed by atoms with E-state index in [9.17, 15) is 0 Å². The highest BCUT2D eigenvalue weighted by atomic mass is 79.9. The first-order valence-corrected chi connectivity index (χ1v) is 6.35. The van der Waals surface area contributed by atoms with Gasteiger partial charge < -0.3 is 9.47 Å². The predicted molar refractivity (Wildman–Crippen MR) is 70.5 cm³/mol. The molecule has 1 atom stereocenters. The number of hydrogen-bond acceptors (Lipinski definition) is 2. The molecule has 0 saturated heterocycles. The topological polar surface area (TPSA) is 18.5 Å². The van der Waals surface area contributed by atoms with Gasteiger partial charge in [-0.05, 0) is 46.5 Å². The van der Waals surface area contributed by atoms with Gasteiger partial charge in [0.2, 0.25) is 0 Å². The second kappa shape index (κ2) is 7.15. The Bertz CT molecular complexity index is 331. The minimum Gasteiger partial charge on any atom is -0.496 e. The Hall–Kier alpha value is -0.250. The van der Waals surface area contributed by atoms with E-state index >= 15 is 0 Å². The molecule has 4 heteroatoms. The zero-order valence-electron chi connectivity index (χ0n) is 9.50. The lowest BCUT2D eigenvalue weighted by Gasteiger charge is -2.09. The molecule has 0 aliphatic heterocycles. The van der Waals surface area contributed by atoms with E-state index in [1.54, 1.807) is 14.2 Å². The molecule has 90 valence electrons. The van der Waals surface area contributed by atoms with Crippen LogP contribution in [0.3, 0.4) is 0 Å². The summed E-state index contributed by atoms with van der Waals surface area (Å²) in [4.78, 5) is 0. The largest absolute Gasteiger partial charge is 0.496 e. The zero-order valence-corrected chi connectivity index (χ0v) is 11.8. The highest BCUT2D eigenvalue weighted by molar-refractivity contribution is 9.10. The summed E-state index contributed by atoms with van der Waals surface area (Å²) in [5, 5.41) is 0.0749. The van der Waals surface area contributed by atoms with Crippen molar-refractivity contribution in [3.63, 3.8) is 0 Å². The SMILES string of the molecule is COCC(Cl)CCc1ccc(OC)c(Br)c1. The van der Waals surface area contributed by atoms with Gasteiger partial charge in [0, 0.05) is 7.11 Å². The van der Waals surface area contributed by atoms with Crippen LogP contribution in [0.25, 0.3) is 0 Å². The molecule has 0 aliphatic rings. The molecule has 0 heterocycles. The summed E-state index contributed by atoms with van der Waals surface area (Å²) in [6, 6.07) is 6.08. The summed E-state index contributed by atoms with van der Waals surface area (Å²) in [6.07, 6.45) is 1.86. The molecule has 1 rings (SSSR count). The van der Waals surface area contributed by atoms with Gasteiger partial charge in [0.15, 0.2) is 0 Å². The summed E-state index contributed by atoms with van der Waals surface area (Å²) >= 11 is 9.53. The third-order valence-corrected chi connectivity index (χ3v) is 3.27. The fourth-order valence-corrected chi connectivity index (χ4v) is 2.28. The van der Waals surface area contributed by atoms with E-state index in [0.29, 0.717) is 6.61 Å². The van der Waals surface area contributed by atoms with Crippen LogP contribution in [0.2, 0.25) is 0 Å². The minimum atomic E-state index is 0.0749. The zero-order chi connectivity index (χ0) is 12.0. The van der Waals surface area contributed by atoms with Crippen LogP contribution < -0.4 is 4.74 Å². The maximum absolute atomic E-state index is 6.07. The van der Waals surface area contributed by atoms with Gasteiger partial charge in [0.1, 0.15) is 5.75 Å². The highest BCUT2D eigenvalue weighted by Gasteiger charge is 2.06. The Morgan fingerprint density at radius 2 is 2.12 bits per heavy atom. The van der Waals surface area contributed by atoms with Crippen molar-refractivity contribution in [3.8, 4) is 5.75 Å². The summed E-state index contributed by atoms with van der Waals surface area (Å²) in [6.45, 7) is 0.596. The molecule has 0 spiro atoms. The lowest BCUT2D eigenvalue weighted by Crippen LogP contribution is -2.08. The molecular formula is C12H16BrClO2. The molecule has 0 radical (unpaired) electrons. The summed E-state index contributed by atoms with van der Waals surface area (Å²) < 4.78 is 11.1. The van der Waals surface area contributed by atoms with Crippen LogP contribution in [0.15, 0.2) is 22.7 Å². The molecular weight excluding hydrogens is 291 g/mol. The van der Waals surface area contributed by atoms with Gasteiger partial charge in [-0.1, -0.05) is 6.07 Å². The number of benzene rings is 1. The normalized spacial score (nSPS) is 12.5. The molecule has 2 nitrogen and oxygen atoms in total. The molecule has 16 heavy (non-hydrogen) atoms. The molecule has 0 bridgehead atoms. The Labute approximate surface area is 110 Å². The molecule has 1 unspecified atom stereocenters. The lowest BCUT2D eigenvalue weighted by molar-refractivity contribution is 0.195. The molecule has 0 N–H and O–H groups in total. The average molecular weight is 308 g/mol. The molecule has 1 aromatic carbocycles. The molecule has 0 amide bonds.